The zero-order valence-corrected chi connectivity index (χ0v) is 10.2. The Morgan fingerprint density at radius 1 is 1.29 bits per heavy atom. The minimum Gasteiger partial charge on any atom is -0.316 e. The van der Waals surface area contributed by atoms with Crippen LogP contribution in [0.2, 0.25) is 0 Å². The van der Waals surface area contributed by atoms with Gasteiger partial charge in [0, 0.05) is 12.6 Å². The summed E-state index contributed by atoms with van der Waals surface area (Å²) in [6.45, 7) is 14.3. The fraction of sp³-hybridized carbons (Fsp3) is 1.00. The topological polar surface area (TPSA) is 15.3 Å². The van der Waals surface area contributed by atoms with Crippen LogP contribution in [0.5, 0.6) is 0 Å². The first kappa shape index (κ1) is 12.0. The van der Waals surface area contributed by atoms with Crippen molar-refractivity contribution in [1.82, 2.24) is 10.2 Å². The van der Waals surface area contributed by atoms with Crippen molar-refractivity contribution >= 4 is 0 Å². The number of hydrogen-bond acceptors (Lipinski definition) is 2. The van der Waals surface area contributed by atoms with E-state index in [9.17, 15) is 0 Å². The molecule has 1 rings (SSSR count). The maximum Gasteiger partial charge on any atom is 0.00387 e. The summed E-state index contributed by atoms with van der Waals surface area (Å²) in [6, 6.07) is 0.699. The van der Waals surface area contributed by atoms with E-state index >= 15 is 0 Å². The van der Waals surface area contributed by atoms with Crippen LogP contribution >= 0.6 is 0 Å². The van der Waals surface area contributed by atoms with Crippen molar-refractivity contribution in [2.75, 3.05) is 26.2 Å². The SMILES string of the molecule is CCCN(CC(C)C1CNC1)C(C)C. The molecule has 1 fully saturated rings. The number of rotatable bonds is 6. The van der Waals surface area contributed by atoms with E-state index in [1.165, 1.54) is 32.6 Å². The van der Waals surface area contributed by atoms with Crippen molar-refractivity contribution in [3.8, 4) is 0 Å². The minimum atomic E-state index is 0.699. The molecule has 0 amide bonds. The molecular weight excluding hydrogens is 172 g/mol. The first-order valence-electron chi connectivity index (χ1n) is 6.09. The summed E-state index contributed by atoms with van der Waals surface area (Å²) in [6.07, 6.45) is 1.27. The summed E-state index contributed by atoms with van der Waals surface area (Å²) in [5.41, 5.74) is 0. The van der Waals surface area contributed by atoms with Crippen molar-refractivity contribution in [3.63, 3.8) is 0 Å². The van der Waals surface area contributed by atoms with E-state index in [1.54, 1.807) is 0 Å². The van der Waals surface area contributed by atoms with Gasteiger partial charge in [-0.3, -0.25) is 0 Å². The van der Waals surface area contributed by atoms with Crippen molar-refractivity contribution in [3.05, 3.63) is 0 Å². The van der Waals surface area contributed by atoms with E-state index in [1.807, 2.05) is 0 Å². The van der Waals surface area contributed by atoms with Gasteiger partial charge >= 0.3 is 0 Å². The molecule has 0 bridgehead atoms. The smallest absolute Gasteiger partial charge is 0.00387 e. The first-order valence-corrected chi connectivity index (χ1v) is 6.09. The molecule has 1 aliphatic heterocycles. The average molecular weight is 198 g/mol. The molecule has 0 aromatic heterocycles. The molecule has 0 spiro atoms. The van der Waals surface area contributed by atoms with Crippen LogP contribution in [0.15, 0.2) is 0 Å². The third-order valence-corrected chi connectivity index (χ3v) is 3.38. The molecule has 1 atom stereocenters. The molecule has 2 heteroatoms. The molecule has 2 nitrogen and oxygen atoms in total. The Hall–Kier alpha value is -0.0800. The van der Waals surface area contributed by atoms with Gasteiger partial charge < -0.3 is 10.2 Å². The van der Waals surface area contributed by atoms with E-state index in [4.69, 9.17) is 0 Å². The summed E-state index contributed by atoms with van der Waals surface area (Å²) in [7, 11) is 0. The molecular formula is C12H26N2. The van der Waals surface area contributed by atoms with Crippen molar-refractivity contribution in [1.29, 1.82) is 0 Å². The summed E-state index contributed by atoms with van der Waals surface area (Å²) < 4.78 is 0. The molecule has 0 aromatic rings. The Kier molecular flexibility index (Phi) is 4.90. The second kappa shape index (κ2) is 5.72. The third-order valence-electron chi connectivity index (χ3n) is 3.38. The predicted octanol–water partition coefficient (Wildman–Crippen LogP) is 1.96. The fourth-order valence-corrected chi connectivity index (χ4v) is 2.08. The van der Waals surface area contributed by atoms with Crippen LogP contribution < -0.4 is 5.32 Å². The highest BCUT2D eigenvalue weighted by Crippen LogP contribution is 2.18. The quantitative estimate of drug-likeness (QED) is 0.702. The van der Waals surface area contributed by atoms with Gasteiger partial charge in [0.15, 0.2) is 0 Å². The Labute approximate surface area is 89.1 Å². The van der Waals surface area contributed by atoms with Crippen molar-refractivity contribution in [2.45, 2.75) is 40.2 Å². The predicted molar refractivity (Wildman–Crippen MR) is 62.5 cm³/mol. The van der Waals surface area contributed by atoms with Gasteiger partial charge in [-0.05, 0) is 51.7 Å². The highest BCUT2D eigenvalue weighted by atomic mass is 15.1. The molecule has 84 valence electrons. The van der Waals surface area contributed by atoms with E-state index in [2.05, 4.69) is 37.9 Å². The fourth-order valence-electron chi connectivity index (χ4n) is 2.08. The summed E-state index contributed by atoms with van der Waals surface area (Å²) in [4.78, 5) is 2.61. The van der Waals surface area contributed by atoms with Gasteiger partial charge in [-0.15, -0.1) is 0 Å². The molecule has 0 radical (unpaired) electrons. The van der Waals surface area contributed by atoms with Gasteiger partial charge in [-0.25, -0.2) is 0 Å². The van der Waals surface area contributed by atoms with Crippen LogP contribution in [-0.2, 0) is 0 Å². The molecule has 14 heavy (non-hydrogen) atoms. The maximum absolute atomic E-state index is 3.36. The van der Waals surface area contributed by atoms with Crippen LogP contribution in [0.25, 0.3) is 0 Å². The lowest BCUT2D eigenvalue weighted by atomic mass is 9.88. The molecule has 1 aliphatic rings. The monoisotopic (exact) mass is 198 g/mol. The lowest BCUT2D eigenvalue weighted by Gasteiger charge is -2.37. The number of nitrogens with one attached hydrogen (secondary N) is 1. The lowest BCUT2D eigenvalue weighted by Crippen LogP contribution is -2.49. The number of nitrogens with zero attached hydrogens (tertiary/aromatic N) is 1. The van der Waals surface area contributed by atoms with Crippen LogP contribution in [0.3, 0.4) is 0 Å². The molecule has 1 N–H and O–H groups in total. The standard InChI is InChI=1S/C12H26N2/c1-5-6-14(10(2)3)9-11(4)12-7-13-8-12/h10-13H,5-9H2,1-4H3. The van der Waals surface area contributed by atoms with Crippen LogP contribution in [-0.4, -0.2) is 37.1 Å². The molecule has 1 heterocycles. The van der Waals surface area contributed by atoms with E-state index in [0.29, 0.717) is 6.04 Å². The van der Waals surface area contributed by atoms with E-state index < -0.39 is 0 Å². The maximum atomic E-state index is 3.36. The second-order valence-corrected chi connectivity index (χ2v) is 4.98. The van der Waals surface area contributed by atoms with Gasteiger partial charge in [0.1, 0.15) is 0 Å². The molecule has 0 saturated carbocycles. The Bertz CT molecular complexity index is 152. The summed E-state index contributed by atoms with van der Waals surface area (Å²) in [5.74, 6) is 1.78. The number of hydrogen-bond donors (Lipinski definition) is 1. The zero-order valence-electron chi connectivity index (χ0n) is 10.2. The molecule has 0 aromatic carbocycles. The normalized spacial score (nSPS) is 20.1. The Balaban J connectivity index is 2.29. The summed E-state index contributed by atoms with van der Waals surface area (Å²) >= 11 is 0. The second-order valence-electron chi connectivity index (χ2n) is 4.98. The Morgan fingerprint density at radius 3 is 2.29 bits per heavy atom. The lowest BCUT2D eigenvalue weighted by molar-refractivity contribution is 0.141. The van der Waals surface area contributed by atoms with Gasteiger partial charge in [0.25, 0.3) is 0 Å². The largest absolute Gasteiger partial charge is 0.316 e. The van der Waals surface area contributed by atoms with Gasteiger partial charge in [-0.1, -0.05) is 13.8 Å². The van der Waals surface area contributed by atoms with Crippen LogP contribution in [0.1, 0.15) is 34.1 Å². The van der Waals surface area contributed by atoms with Gasteiger partial charge in [-0.2, -0.15) is 0 Å². The minimum absolute atomic E-state index is 0.699. The van der Waals surface area contributed by atoms with E-state index in [-0.39, 0.29) is 0 Å². The highest BCUT2D eigenvalue weighted by molar-refractivity contribution is 4.81. The van der Waals surface area contributed by atoms with Gasteiger partial charge in [0.05, 0.1) is 0 Å². The molecule has 1 saturated heterocycles. The summed E-state index contributed by atoms with van der Waals surface area (Å²) in [5, 5.41) is 3.36. The Morgan fingerprint density at radius 2 is 1.93 bits per heavy atom. The van der Waals surface area contributed by atoms with E-state index in [0.717, 1.165) is 11.8 Å². The zero-order chi connectivity index (χ0) is 10.6. The third kappa shape index (κ3) is 3.25. The van der Waals surface area contributed by atoms with Crippen LogP contribution in [0, 0.1) is 11.8 Å². The van der Waals surface area contributed by atoms with Gasteiger partial charge in [0.2, 0.25) is 0 Å². The molecule has 0 aliphatic carbocycles. The van der Waals surface area contributed by atoms with Crippen LogP contribution in [0.4, 0.5) is 0 Å². The highest BCUT2D eigenvalue weighted by Gasteiger charge is 2.25. The first-order chi connectivity index (χ1) is 6.65. The van der Waals surface area contributed by atoms with Crippen molar-refractivity contribution < 1.29 is 0 Å². The van der Waals surface area contributed by atoms with Crippen molar-refractivity contribution in [2.24, 2.45) is 11.8 Å². The average Bonchev–Trinajstić information content (AvgIpc) is 1.99. The molecule has 1 unspecified atom stereocenters.